The molecule has 1 atom stereocenters. The molecule has 1 amide bonds. The first-order valence-corrected chi connectivity index (χ1v) is 5.72. The van der Waals surface area contributed by atoms with Crippen LogP contribution in [0.1, 0.15) is 30.1 Å². The lowest BCUT2D eigenvalue weighted by Gasteiger charge is -2.06. The lowest BCUT2D eigenvalue weighted by atomic mass is 10.1. The minimum Gasteiger partial charge on any atom is -0.392 e. The van der Waals surface area contributed by atoms with E-state index in [2.05, 4.69) is 5.32 Å². The van der Waals surface area contributed by atoms with Crippen molar-refractivity contribution in [3.63, 3.8) is 0 Å². The smallest absolute Gasteiger partial charge is 0.220 e. The standard InChI is InChI=1S/C13H16FNO3/c1-9(16)8-15-13(18)7-6-12(17)10-2-4-11(14)5-3-10/h2-5,9,16H,6-8H2,1H3,(H,15,18). The molecule has 0 aliphatic rings. The number of hydrogen-bond donors (Lipinski definition) is 2. The maximum Gasteiger partial charge on any atom is 0.220 e. The fraction of sp³-hybridized carbons (Fsp3) is 0.385. The summed E-state index contributed by atoms with van der Waals surface area (Å²) in [4.78, 5) is 22.9. The van der Waals surface area contributed by atoms with Gasteiger partial charge in [0, 0.05) is 24.9 Å². The number of Topliss-reactive ketones (excluding diaryl/α,β-unsaturated/α-hetero) is 1. The van der Waals surface area contributed by atoms with Gasteiger partial charge in [-0.15, -0.1) is 0 Å². The van der Waals surface area contributed by atoms with Crippen LogP contribution in [0.25, 0.3) is 0 Å². The third kappa shape index (κ3) is 5.05. The summed E-state index contributed by atoms with van der Waals surface area (Å²) in [7, 11) is 0. The number of carbonyl (C=O) groups is 2. The summed E-state index contributed by atoms with van der Waals surface area (Å²) in [6, 6.07) is 5.21. The SMILES string of the molecule is CC(O)CNC(=O)CCC(=O)c1ccc(F)cc1. The van der Waals surface area contributed by atoms with Crippen molar-refractivity contribution in [3.8, 4) is 0 Å². The van der Waals surface area contributed by atoms with E-state index < -0.39 is 11.9 Å². The Bertz CT molecular complexity index is 415. The Labute approximate surface area is 105 Å². The third-order valence-electron chi connectivity index (χ3n) is 2.34. The Morgan fingerprint density at radius 3 is 2.44 bits per heavy atom. The molecule has 0 aliphatic carbocycles. The highest BCUT2D eigenvalue weighted by Gasteiger charge is 2.09. The summed E-state index contributed by atoms with van der Waals surface area (Å²) in [6.45, 7) is 1.73. The summed E-state index contributed by atoms with van der Waals surface area (Å²) in [5.74, 6) is -0.894. The minimum atomic E-state index is -0.609. The molecule has 1 aromatic carbocycles. The van der Waals surface area contributed by atoms with Gasteiger partial charge in [-0.05, 0) is 31.2 Å². The lowest BCUT2D eigenvalue weighted by molar-refractivity contribution is -0.121. The molecule has 0 fully saturated rings. The van der Waals surface area contributed by atoms with E-state index in [4.69, 9.17) is 5.11 Å². The molecule has 0 saturated carbocycles. The Balaban J connectivity index is 2.37. The Morgan fingerprint density at radius 1 is 1.28 bits per heavy atom. The minimum absolute atomic E-state index is 0.0585. The first-order chi connectivity index (χ1) is 8.49. The van der Waals surface area contributed by atoms with Crippen molar-refractivity contribution in [1.29, 1.82) is 0 Å². The van der Waals surface area contributed by atoms with Crippen LogP contribution in [0.4, 0.5) is 4.39 Å². The number of halogens is 1. The van der Waals surface area contributed by atoms with Crippen LogP contribution in [-0.2, 0) is 4.79 Å². The summed E-state index contributed by atoms with van der Waals surface area (Å²) < 4.78 is 12.6. The van der Waals surface area contributed by atoms with Gasteiger partial charge in [0.15, 0.2) is 5.78 Å². The molecular weight excluding hydrogens is 237 g/mol. The van der Waals surface area contributed by atoms with Crippen LogP contribution in [0.2, 0.25) is 0 Å². The van der Waals surface area contributed by atoms with E-state index in [1.807, 2.05) is 0 Å². The number of hydrogen-bond acceptors (Lipinski definition) is 3. The molecule has 0 spiro atoms. The van der Waals surface area contributed by atoms with Gasteiger partial charge in [-0.3, -0.25) is 9.59 Å². The monoisotopic (exact) mass is 253 g/mol. The fourth-order valence-electron chi connectivity index (χ4n) is 1.36. The zero-order chi connectivity index (χ0) is 13.5. The molecule has 1 aromatic rings. The predicted octanol–water partition coefficient (Wildman–Crippen LogP) is 1.29. The second-order valence-electron chi connectivity index (χ2n) is 4.08. The Morgan fingerprint density at radius 2 is 1.89 bits per heavy atom. The molecule has 2 N–H and O–H groups in total. The van der Waals surface area contributed by atoms with Crippen molar-refractivity contribution < 1.29 is 19.1 Å². The van der Waals surface area contributed by atoms with Crippen LogP contribution in [0.15, 0.2) is 24.3 Å². The third-order valence-corrected chi connectivity index (χ3v) is 2.34. The van der Waals surface area contributed by atoms with Crippen molar-refractivity contribution in [2.24, 2.45) is 0 Å². The highest BCUT2D eigenvalue weighted by molar-refractivity contribution is 5.97. The number of carbonyl (C=O) groups excluding carboxylic acids is 2. The van der Waals surface area contributed by atoms with Crippen molar-refractivity contribution >= 4 is 11.7 Å². The maximum atomic E-state index is 12.6. The first kappa shape index (κ1) is 14.3. The summed E-state index contributed by atoms with van der Waals surface area (Å²) in [5.41, 5.74) is 0.389. The summed E-state index contributed by atoms with van der Waals surface area (Å²) in [5, 5.41) is 11.5. The second-order valence-corrected chi connectivity index (χ2v) is 4.08. The van der Waals surface area contributed by atoms with Crippen LogP contribution in [0.3, 0.4) is 0 Å². The van der Waals surface area contributed by atoms with Crippen molar-refractivity contribution in [3.05, 3.63) is 35.6 Å². The van der Waals surface area contributed by atoms with Gasteiger partial charge in [0.25, 0.3) is 0 Å². The number of aliphatic hydroxyl groups is 1. The highest BCUT2D eigenvalue weighted by Crippen LogP contribution is 2.07. The van der Waals surface area contributed by atoms with Gasteiger partial charge in [-0.2, -0.15) is 0 Å². The van der Waals surface area contributed by atoms with Gasteiger partial charge in [0.2, 0.25) is 5.91 Å². The van der Waals surface area contributed by atoms with Gasteiger partial charge < -0.3 is 10.4 Å². The first-order valence-electron chi connectivity index (χ1n) is 5.72. The van der Waals surface area contributed by atoms with E-state index in [1.165, 1.54) is 24.3 Å². The molecule has 0 saturated heterocycles. The van der Waals surface area contributed by atoms with Gasteiger partial charge in [-0.1, -0.05) is 0 Å². The molecule has 1 unspecified atom stereocenters. The van der Waals surface area contributed by atoms with Gasteiger partial charge in [-0.25, -0.2) is 4.39 Å². The normalized spacial score (nSPS) is 11.9. The predicted molar refractivity (Wildman–Crippen MR) is 64.7 cm³/mol. The van der Waals surface area contributed by atoms with E-state index in [9.17, 15) is 14.0 Å². The van der Waals surface area contributed by atoms with Crippen LogP contribution in [0.5, 0.6) is 0 Å². The van der Waals surface area contributed by atoms with E-state index in [-0.39, 0.29) is 31.1 Å². The number of benzene rings is 1. The van der Waals surface area contributed by atoms with Crippen LogP contribution < -0.4 is 5.32 Å². The number of ketones is 1. The van der Waals surface area contributed by atoms with Crippen molar-refractivity contribution in [2.45, 2.75) is 25.9 Å². The molecule has 0 aliphatic heterocycles. The number of aliphatic hydroxyl groups excluding tert-OH is 1. The van der Waals surface area contributed by atoms with Crippen molar-refractivity contribution in [2.75, 3.05) is 6.54 Å². The molecule has 0 aromatic heterocycles. The number of nitrogens with one attached hydrogen (secondary N) is 1. The second kappa shape index (κ2) is 6.86. The molecule has 1 rings (SSSR count). The number of amides is 1. The molecule has 4 nitrogen and oxygen atoms in total. The maximum absolute atomic E-state index is 12.6. The molecule has 18 heavy (non-hydrogen) atoms. The molecule has 0 heterocycles. The zero-order valence-electron chi connectivity index (χ0n) is 10.1. The Kier molecular flexibility index (Phi) is 5.45. The molecule has 98 valence electrons. The molecule has 0 bridgehead atoms. The Hall–Kier alpha value is -1.75. The van der Waals surface area contributed by atoms with Gasteiger partial charge >= 0.3 is 0 Å². The summed E-state index contributed by atoms with van der Waals surface area (Å²) >= 11 is 0. The largest absolute Gasteiger partial charge is 0.392 e. The van der Waals surface area contributed by atoms with E-state index in [0.29, 0.717) is 5.56 Å². The molecule has 0 radical (unpaired) electrons. The highest BCUT2D eigenvalue weighted by atomic mass is 19.1. The number of rotatable bonds is 6. The fourth-order valence-corrected chi connectivity index (χ4v) is 1.36. The average Bonchev–Trinajstić information content (AvgIpc) is 2.34. The zero-order valence-corrected chi connectivity index (χ0v) is 10.1. The van der Waals surface area contributed by atoms with Crippen LogP contribution in [-0.4, -0.2) is 29.4 Å². The van der Waals surface area contributed by atoms with Crippen LogP contribution >= 0.6 is 0 Å². The van der Waals surface area contributed by atoms with Gasteiger partial charge in [0.1, 0.15) is 5.82 Å². The molecular formula is C13H16FNO3. The van der Waals surface area contributed by atoms with E-state index in [0.717, 1.165) is 0 Å². The quantitative estimate of drug-likeness (QED) is 0.751. The topological polar surface area (TPSA) is 66.4 Å². The van der Waals surface area contributed by atoms with Crippen molar-refractivity contribution in [1.82, 2.24) is 5.32 Å². The average molecular weight is 253 g/mol. The summed E-state index contributed by atoms with van der Waals surface area (Å²) in [6.07, 6.45) is -0.484. The van der Waals surface area contributed by atoms with E-state index in [1.54, 1.807) is 6.92 Å². The van der Waals surface area contributed by atoms with Crippen LogP contribution in [0, 0.1) is 5.82 Å². The van der Waals surface area contributed by atoms with Gasteiger partial charge in [0.05, 0.1) is 6.10 Å². The molecule has 5 heteroatoms. The lowest BCUT2D eigenvalue weighted by Crippen LogP contribution is -2.30. The van der Waals surface area contributed by atoms with E-state index >= 15 is 0 Å².